The Morgan fingerprint density at radius 2 is 2.10 bits per heavy atom. The van der Waals surface area contributed by atoms with Crippen molar-refractivity contribution in [1.82, 2.24) is 4.90 Å². The van der Waals surface area contributed by atoms with Crippen molar-refractivity contribution in [2.24, 2.45) is 5.73 Å². The van der Waals surface area contributed by atoms with Crippen LogP contribution in [0.5, 0.6) is 0 Å². The van der Waals surface area contributed by atoms with Gasteiger partial charge in [-0.05, 0) is 37.7 Å². The Morgan fingerprint density at radius 1 is 1.40 bits per heavy atom. The van der Waals surface area contributed by atoms with Gasteiger partial charge in [0.05, 0.1) is 0 Å². The molecule has 1 aliphatic rings. The van der Waals surface area contributed by atoms with Crippen LogP contribution in [0.4, 0.5) is 0 Å². The first-order chi connectivity index (χ1) is 9.65. The van der Waals surface area contributed by atoms with E-state index in [1.165, 1.54) is 11.1 Å². The van der Waals surface area contributed by atoms with Crippen molar-refractivity contribution in [2.75, 3.05) is 13.1 Å². The summed E-state index contributed by atoms with van der Waals surface area (Å²) >= 11 is 0. The number of aryl methyl sites for hydroxylation is 1. The fourth-order valence-corrected chi connectivity index (χ4v) is 3.07. The van der Waals surface area contributed by atoms with E-state index in [4.69, 9.17) is 5.73 Å². The third kappa shape index (κ3) is 3.40. The van der Waals surface area contributed by atoms with Crippen LogP contribution in [-0.4, -0.2) is 29.9 Å². The monoisotopic (exact) mass is 274 g/mol. The van der Waals surface area contributed by atoms with Crippen LogP contribution in [0.2, 0.25) is 0 Å². The average Bonchev–Trinajstić information content (AvgIpc) is 2.94. The Balaban J connectivity index is 2.02. The van der Waals surface area contributed by atoms with Crippen LogP contribution in [0.15, 0.2) is 24.3 Å². The Kier molecular flexibility index (Phi) is 5.18. The predicted octanol–water partition coefficient (Wildman–Crippen LogP) is 2.83. The minimum absolute atomic E-state index is 0.262. The molecule has 1 fully saturated rings. The lowest BCUT2D eigenvalue weighted by molar-refractivity contribution is -0.132. The van der Waals surface area contributed by atoms with Crippen molar-refractivity contribution in [2.45, 2.75) is 51.5 Å². The summed E-state index contributed by atoms with van der Waals surface area (Å²) < 4.78 is 0. The van der Waals surface area contributed by atoms with E-state index in [-0.39, 0.29) is 11.9 Å². The topological polar surface area (TPSA) is 46.3 Å². The van der Waals surface area contributed by atoms with Gasteiger partial charge in [0.15, 0.2) is 0 Å². The molecule has 0 bridgehead atoms. The minimum atomic E-state index is 0.262. The zero-order valence-corrected chi connectivity index (χ0v) is 12.6. The Labute approximate surface area is 122 Å². The number of hydrogen-bond donors (Lipinski definition) is 1. The maximum absolute atomic E-state index is 12.5. The Morgan fingerprint density at radius 3 is 2.70 bits per heavy atom. The first kappa shape index (κ1) is 15.0. The highest BCUT2D eigenvalue weighted by Gasteiger charge is 2.28. The molecule has 1 saturated heterocycles. The highest BCUT2D eigenvalue weighted by Crippen LogP contribution is 2.26. The number of carbonyl (C=O) groups excluding carboxylic acids is 1. The third-order valence-electron chi connectivity index (χ3n) is 4.43. The van der Waals surface area contributed by atoms with Gasteiger partial charge in [-0.3, -0.25) is 4.79 Å². The number of benzene rings is 1. The second kappa shape index (κ2) is 6.89. The van der Waals surface area contributed by atoms with Crippen LogP contribution in [0.3, 0.4) is 0 Å². The lowest BCUT2D eigenvalue weighted by Gasteiger charge is -2.26. The van der Waals surface area contributed by atoms with E-state index in [0.29, 0.717) is 18.9 Å². The molecule has 1 amide bonds. The van der Waals surface area contributed by atoms with Gasteiger partial charge in [-0.25, -0.2) is 0 Å². The predicted molar refractivity (Wildman–Crippen MR) is 82.6 cm³/mol. The summed E-state index contributed by atoms with van der Waals surface area (Å²) in [7, 11) is 0. The number of hydrogen-bond acceptors (Lipinski definition) is 2. The second-order valence-corrected chi connectivity index (χ2v) is 5.84. The van der Waals surface area contributed by atoms with Crippen LogP contribution >= 0.6 is 0 Å². The average molecular weight is 274 g/mol. The molecular formula is C17H26N2O. The minimum Gasteiger partial charge on any atom is -0.338 e. The van der Waals surface area contributed by atoms with Gasteiger partial charge >= 0.3 is 0 Å². The molecule has 20 heavy (non-hydrogen) atoms. The molecule has 0 aromatic heterocycles. The zero-order valence-electron chi connectivity index (χ0n) is 12.6. The first-order valence-electron chi connectivity index (χ1n) is 7.71. The Hall–Kier alpha value is -1.35. The summed E-state index contributed by atoms with van der Waals surface area (Å²) in [5.41, 5.74) is 8.29. The highest BCUT2D eigenvalue weighted by atomic mass is 16.2. The standard InChI is InChI=1S/C17H26N2O/c1-3-14(15-8-6-13(2)7-9-15)11-17(20)19-10-4-5-16(19)12-18/h6-9,14,16H,3-5,10-12,18H2,1-2H3. The molecule has 2 unspecified atom stereocenters. The van der Waals surface area contributed by atoms with Crippen molar-refractivity contribution < 1.29 is 4.79 Å². The molecule has 0 radical (unpaired) electrons. The largest absolute Gasteiger partial charge is 0.338 e. The van der Waals surface area contributed by atoms with Crippen LogP contribution in [0.25, 0.3) is 0 Å². The molecule has 3 nitrogen and oxygen atoms in total. The van der Waals surface area contributed by atoms with E-state index in [0.717, 1.165) is 25.8 Å². The number of nitrogens with two attached hydrogens (primary N) is 1. The van der Waals surface area contributed by atoms with Crippen LogP contribution < -0.4 is 5.73 Å². The van der Waals surface area contributed by atoms with Gasteiger partial charge in [-0.15, -0.1) is 0 Å². The molecule has 3 heteroatoms. The third-order valence-corrected chi connectivity index (χ3v) is 4.43. The summed E-state index contributed by atoms with van der Waals surface area (Å²) in [6, 6.07) is 8.82. The van der Waals surface area contributed by atoms with Crippen molar-refractivity contribution in [3.8, 4) is 0 Å². The van der Waals surface area contributed by atoms with Crippen LogP contribution in [-0.2, 0) is 4.79 Å². The summed E-state index contributed by atoms with van der Waals surface area (Å²) in [4.78, 5) is 14.5. The van der Waals surface area contributed by atoms with Crippen LogP contribution in [0.1, 0.15) is 49.7 Å². The smallest absolute Gasteiger partial charge is 0.223 e. The van der Waals surface area contributed by atoms with Crippen molar-refractivity contribution >= 4 is 5.91 Å². The van der Waals surface area contributed by atoms with Gasteiger partial charge < -0.3 is 10.6 Å². The van der Waals surface area contributed by atoms with E-state index in [9.17, 15) is 4.79 Å². The van der Waals surface area contributed by atoms with Gasteiger partial charge in [0.2, 0.25) is 5.91 Å². The normalized spacial score (nSPS) is 20.1. The molecule has 1 aromatic carbocycles. The van der Waals surface area contributed by atoms with E-state index in [1.54, 1.807) is 0 Å². The Bertz CT molecular complexity index is 441. The number of likely N-dealkylation sites (tertiary alicyclic amines) is 1. The number of amides is 1. The van der Waals surface area contributed by atoms with Gasteiger partial charge in [0.25, 0.3) is 0 Å². The molecule has 0 spiro atoms. The number of nitrogens with zero attached hydrogens (tertiary/aromatic N) is 1. The highest BCUT2D eigenvalue weighted by molar-refractivity contribution is 5.77. The lowest BCUT2D eigenvalue weighted by atomic mass is 9.92. The molecule has 0 saturated carbocycles. The molecular weight excluding hydrogens is 248 g/mol. The fourth-order valence-electron chi connectivity index (χ4n) is 3.07. The van der Waals surface area contributed by atoms with Crippen molar-refractivity contribution in [1.29, 1.82) is 0 Å². The van der Waals surface area contributed by atoms with Crippen molar-refractivity contribution in [3.63, 3.8) is 0 Å². The van der Waals surface area contributed by atoms with Gasteiger partial charge in [0.1, 0.15) is 0 Å². The maximum atomic E-state index is 12.5. The SMILES string of the molecule is CCC(CC(=O)N1CCCC1CN)c1ccc(C)cc1. The van der Waals surface area contributed by atoms with E-state index < -0.39 is 0 Å². The van der Waals surface area contributed by atoms with E-state index in [2.05, 4.69) is 38.1 Å². The summed E-state index contributed by atoms with van der Waals surface area (Å²) in [6.07, 6.45) is 3.75. The molecule has 1 heterocycles. The molecule has 1 aromatic rings. The summed E-state index contributed by atoms with van der Waals surface area (Å²) in [6.45, 7) is 5.71. The maximum Gasteiger partial charge on any atom is 0.223 e. The molecule has 2 N–H and O–H groups in total. The molecule has 1 aliphatic heterocycles. The molecule has 0 aliphatic carbocycles. The van der Waals surface area contributed by atoms with Crippen LogP contribution in [0, 0.1) is 6.92 Å². The summed E-state index contributed by atoms with van der Waals surface area (Å²) in [5.74, 6) is 0.590. The summed E-state index contributed by atoms with van der Waals surface area (Å²) in [5, 5.41) is 0. The lowest BCUT2D eigenvalue weighted by Crippen LogP contribution is -2.40. The number of carbonyl (C=O) groups is 1. The second-order valence-electron chi connectivity index (χ2n) is 5.84. The van der Waals surface area contributed by atoms with E-state index in [1.807, 2.05) is 4.90 Å². The van der Waals surface area contributed by atoms with E-state index >= 15 is 0 Å². The quantitative estimate of drug-likeness (QED) is 0.897. The zero-order chi connectivity index (χ0) is 14.5. The fraction of sp³-hybridized carbons (Fsp3) is 0.588. The molecule has 2 rings (SSSR count). The van der Waals surface area contributed by atoms with Gasteiger partial charge in [-0.1, -0.05) is 36.8 Å². The molecule has 110 valence electrons. The van der Waals surface area contributed by atoms with Crippen molar-refractivity contribution in [3.05, 3.63) is 35.4 Å². The number of rotatable bonds is 5. The molecule has 2 atom stereocenters. The first-order valence-corrected chi connectivity index (χ1v) is 7.71. The van der Waals surface area contributed by atoms with Gasteiger partial charge in [0, 0.05) is 25.6 Å². The van der Waals surface area contributed by atoms with Gasteiger partial charge in [-0.2, -0.15) is 0 Å².